The van der Waals surface area contributed by atoms with Crippen molar-refractivity contribution >= 4 is 0 Å². The Bertz CT molecular complexity index is 536. The van der Waals surface area contributed by atoms with Gasteiger partial charge in [0.25, 0.3) is 0 Å². The maximum atomic E-state index is 13.6. The lowest BCUT2D eigenvalue weighted by Crippen LogP contribution is -2.18. The summed E-state index contributed by atoms with van der Waals surface area (Å²) in [7, 11) is 0. The summed E-state index contributed by atoms with van der Waals surface area (Å²) < 4.78 is 13.6. The molecule has 0 aromatic heterocycles. The smallest absolute Gasteiger partial charge is 0.126 e. The first-order chi connectivity index (χ1) is 8.84. The predicted octanol–water partition coefficient (Wildman–Crippen LogP) is 3.60. The van der Waals surface area contributed by atoms with Crippen LogP contribution in [0.15, 0.2) is 48.5 Å². The van der Waals surface area contributed by atoms with E-state index >= 15 is 0 Å². The summed E-state index contributed by atoms with van der Waals surface area (Å²) in [5.41, 5.74) is 3.29. The van der Waals surface area contributed by atoms with Crippen molar-refractivity contribution in [3.63, 3.8) is 0 Å². The van der Waals surface area contributed by atoms with Crippen molar-refractivity contribution in [2.24, 2.45) is 0 Å². The number of halogens is 1. The molecular weight excluding hydrogens is 225 g/mol. The highest BCUT2D eigenvalue weighted by Gasteiger charge is 2.23. The van der Waals surface area contributed by atoms with Crippen LogP contribution in [0, 0.1) is 5.82 Å². The molecule has 0 amide bonds. The molecule has 0 fully saturated rings. The molecule has 92 valence electrons. The maximum Gasteiger partial charge on any atom is 0.126 e. The number of benzene rings is 2. The third-order valence-electron chi connectivity index (χ3n) is 3.61. The van der Waals surface area contributed by atoms with Crippen molar-refractivity contribution in [1.82, 2.24) is 5.32 Å². The van der Waals surface area contributed by atoms with Crippen molar-refractivity contribution in [2.75, 3.05) is 0 Å². The normalized spacial score (nSPS) is 17.7. The van der Waals surface area contributed by atoms with E-state index in [1.165, 1.54) is 5.56 Å². The molecule has 1 N–H and O–H groups in total. The van der Waals surface area contributed by atoms with Crippen LogP contribution in [0.1, 0.15) is 29.2 Å². The highest BCUT2D eigenvalue weighted by molar-refractivity contribution is 5.35. The second-order valence-corrected chi connectivity index (χ2v) is 4.77. The number of nitrogens with one attached hydrogen (secondary N) is 1. The first-order valence-electron chi connectivity index (χ1n) is 6.39. The maximum absolute atomic E-state index is 13.6. The van der Waals surface area contributed by atoms with E-state index in [1.807, 2.05) is 24.3 Å². The molecule has 2 aromatic rings. The summed E-state index contributed by atoms with van der Waals surface area (Å²) in [4.78, 5) is 0. The minimum Gasteiger partial charge on any atom is -0.306 e. The molecule has 2 aromatic carbocycles. The summed E-state index contributed by atoms with van der Waals surface area (Å²) in [6.07, 6.45) is 1.83. The van der Waals surface area contributed by atoms with E-state index in [-0.39, 0.29) is 11.9 Å². The Morgan fingerprint density at radius 2 is 1.89 bits per heavy atom. The number of hydrogen-bond donors (Lipinski definition) is 1. The van der Waals surface area contributed by atoms with Gasteiger partial charge in [-0.05, 0) is 35.6 Å². The summed E-state index contributed by atoms with van der Waals surface area (Å²) >= 11 is 0. The summed E-state index contributed by atoms with van der Waals surface area (Å²) in [6, 6.07) is 16.0. The third-order valence-corrected chi connectivity index (χ3v) is 3.61. The van der Waals surface area contributed by atoms with Crippen molar-refractivity contribution in [2.45, 2.75) is 25.4 Å². The van der Waals surface area contributed by atoms with E-state index in [9.17, 15) is 4.39 Å². The van der Waals surface area contributed by atoms with E-state index in [0.717, 1.165) is 30.5 Å². The van der Waals surface area contributed by atoms with E-state index < -0.39 is 0 Å². The molecule has 1 unspecified atom stereocenters. The predicted molar refractivity (Wildman–Crippen MR) is 70.7 cm³/mol. The average Bonchev–Trinajstić information content (AvgIpc) is 2.82. The highest BCUT2D eigenvalue weighted by atomic mass is 19.1. The van der Waals surface area contributed by atoms with Crippen LogP contribution in [0.25, 0.3) is 0 Å². The second-order valence-electron chi connectivity index (χ2n) is 4.77. The Labute approximate surface area is 107 Å². The van der Waals surface area contributed by atoms with Crippen molar-refractivity contribution in [1.29, 1.82) is 0 Å². The summed E-state index contributed by atoms with van der Waals surface area (Å²) in [5.74, 6) is -0.0588. The number of rotatable bonds is 3. The van der Waals surface area contributed by atoms with Crippen LogP contribution in [0.3, 0.4) is 0 Å². The molecule has 1 atom stereocenters. The Morgan fingerprint density at radius 1 is 1.06 bits per heavy atom. The van der Waals surface area contributed by atoms with Crippen LogP contribution in [-0.4, -0.2) is 0 Å². The van der Waals surface area contributed by atoms with Gasteiger partial charge in [-0.1, -0.05) is 42.5 Å². The van der Waals surface area contributed by atoms with Gasteiger partial charge in [0.15, 0.2) is 0 Å². The number of fused-ring (bicyclic) bond motifs is 1. The van der Waals surface area contributed by atoms with Gasteiger partial charge in [0.1, 0.15) is 5.82 Å². The van der Waals surface area contributed by atoms with E-state index in [2.05, 4.69) is 17.4 Å². The van der Waals surface area contributed by atoms with Crippen LogP contribution < -0.4 is 5.32 Å². The van der Waals surface area contributed by atoms with Crippen LogP contribution in [0.4, 0.5) is 4.39 Å². The van der Waals surface area contributed by atoms with Gasteiger partial charge in [-0.15, -0.1) is 0 Å². The molecule has 1 aliphatic carbocycles. The Hall–Kier alpha value is -1.67. The van der Waals surface area contributed by atoms with Crippen LogP contribution >= 0.6 is 0 Å². The average molecular weight is 241 g/mol. The molecule has 0 radical (unpaired) electrons. The topological polar surface area (TPSA) is 12.0 Å². The van der Waals surface area contributed by atoms with Crippen LogP contribution in [0.5, 0.6) is 0 Å². The third kappa shape index (κ3) is 2.16. The standard InChI is InChI=1S/C16H16FN/c17-15-8-4-7-14-13(15)9-10-16(14)18-11-12-5-2-1-3-6-12/h1-8,16,18H,9-11H2. The molecule has 1 aliphatic rings. The second kappa shape index (κ2) is 4.91. The minimum atomic E-state index is -0.0588. The van der Waals surface area contributed by atoms with E-state index in [1.54, 1.807) is 12.1 Å². The molecule has 0 heterocycles. The van der Waals surface area contributed by atoms with Crippen LogP contribution in [0.2, 0.25) is 0 Å². The molecule has 3 rings (SSSR count). The minimum absolute atomic E-state index is 0.0588. The van der Waals surface area contributed by atoms with Crippen molar-refractivity contribution in [3.8, 4) is 0 Å². The fraction of sp³-hybridized carbons (Fsp3) is 0.250. The zero-order valence-electron chi connectivity index (χ0n) is 10.2. The molecule has 1 nitrogen and oxygen atoms in total. The monoisotopic (exact) mass is 241 g/mol. The van der Waals surface area contributed by atoms with Gasteiger partial charge < -0.3 is 5.32 Å². The highest BCUT2D eigenvalue weighted by Crippen LogP contribution is 2.32. The largest absolute Gasteiger partial charge is 0.306 e. The zero-order chi connectivity index (χ0) is 12.4. The first kappa shape index (κ1) is 11.4. The molecule has 0 saturated carbocycles. The fourth-order valence-corrected chi connectivity index (χ4v) is 2.66. The molecule has 2 heteroatoms. The van der Waals surface area contributed by atoms with Crippen LogP contribution in [-0.2, 0) is 13.0 Å². The molecule has 0 bridgehead atoms. The van der Waals surface area contributed by atoms with Gasteiger partial charge in [0, 0.05) is 12.6 Å². The van der Waals surface area contributed by atoms with E-state index in [4.69, 9.17) is 0 Å². The zero-order valence-corrected chi connectivity index (χ0v) is 10.2. The lowest BCUT2D eigenvalue weighted by Gasteiger charge is -2.14. The molecule has 0 aliphatic heterocycles. The van der Waals surface area contributed by atoms with Crippen molar-refractivity contribution < 1.29 is 4.39 Å². The first-order valence-corrected chi connectivity index (χ1v) is 6.39. The SMILES string of the molecule is Fc1cccc2c1CCC2NCc1ccccc1. The van der Waals surface area contributed by atoms with Gasteiger partial charge in [0.2, 0.25) is 0 Å². The Kier molecular flexibility index (Phi) is 3.11. The summed E-state index contributed by atoms with van der Waals surface area (Å²) in [5, 5.41) is 3.51. The molecule has 0 spiro atoms. The molecular formula is C16H16FN. The number of hydrogen-bond acceptors (Lipinski definition) is 1. The fourth-order valence-electron chi connectivity index (χ4n) is 2.66. The van der Waals surface area contributed by atoms with Gasteiger partial charge in [-0.2, -0.15) is 0 Å². The Morgan fingerprint density at radius 3 is 2.72 bits per heavy atom. The van der Waals surface area contributed by atoms with Gasteiger partial charge >= 0.3 is 0 Å². The van der Waals surface area contributed by atoms with Gasteiger partial charge in [0.05, 0.1) is 0 Å². The Balaban J connectivity index is 1.72. The molecule has 0 saturated heterocycles. The quantitative estimate of drug-likeness (QED) is 0.865. The van der Waals surface area contributed by atoms with Gasteiger partial charge in [-0.25, -0.2) is 4.39 Å². The molecule has 18 heavy (non-hydrogen) atoms. The van der Waals surface area contributed by atoms with Crippen molar-refractivity contribution in [3.05, 3.63) is 71.0 Å². The lowest BCUT2D eigenvalue weighted by molar-refractivity contribution is 0.530. The van der Waals surface area contributed by atoms with Gasteiger partial charge in [-0.3, -0.25) is 0 Å². The van der Waals surface area contributed by atoms with E-state index in [0.29, 0.717) is 0 Å². The summed E-state index contributed by atoms with van der Waals surface area (Å²) in [6.45, 7) is 0.835. The lowest BCUT2D eigenvalue weighted by atomic mass is 10.1.